The first-order chi connectivity index (χ1) is 13.2. The van der Waals surface area contributed by atoms with Crippen LogP contribution in [0.25, 0.3) is 11.0 Å². The summed E-state index contributed by atoms with van der Waals surface area (Å²) in [6.07, 6.45) is 0. The minimum Gasteiger partial charge on any atom is -0.335 e. The Morgan fingerprint density at radius 1 is 1.18 bits per heavy atom. The standard InChI is InChI=1S/C20H19F2N3O3/c1-4-25-17-8-5-12(9-16(17)23-18(26)20(25)28)19(27)24(3)11(2)14-10-13(21)6-7-15(14)22/h5-11H,4H2,1-3H3,(H,23,26)/t11-/m1/s1. The van der Waals surface area contributed by atoms with Gasteiger partial charge in [0.15, 0.2) is 0 Å². The van der Waals surface area contributed by atoms with Crippen LogP contribution in [0.1, 0.15) is 35.8 Å². The summed E-state index contributed by atoms with van der Waals surface area (Å²) < 4.78 is 28.8. The summed E-state index contributed by atoms with van der Waals surface area (Å²) in [5.74, 6) is -1.64. The van der Waals surface area contributed by atoms with E-state index >= 15 is 0 Å². The second-order valence-corrected chi connectivity index (χ2v) is 6.49. The molecule has 0 aliphatic heterocycles. The fourth-order valence-electron chi connectivity index (χ4n) is 3.15. The van der Waals surface area contributed by atoms with Crippen LogP contribution in [0.2, 0.25) is 0 Å². The summed E-state index contributed by atoms with van der Waals surface area (Å²) in [6.45, 7) is 3.64. The lowest BCUT2D eigenvalue weighted by Crippen LogP contribution is -2.36. The molecule has 1 N–H and O–H groups in total. The lowest BCUT2D eigenvalue weighted by molar-refractivity contribution is 0.0740. The largest absolute Gasteiger partial charge is 0.335 e. The van der Waals surface area contributed by atoms with Crippen LogP contribution in [0, 0.1) is 11.6 Å². The number of rotatable bonds is 4. The summed E-state index contributed by atoms with van der Waals surface area (Å²) in [5, 5.41) is 0. The van der Waals surface area contributed by atoms with Crippen molar-refractivity contribution >= 4 is 16.9 Å². The number of carbonyl (C=O) groups is 1. The minimum atomic E-state index is -0.775. The normalized spacial score (nSPS) is 12.2. The van der Waals surface area contributed by atoms with E-state index in [0.717, 1.165) is 18.2 Å². The first kappa shape index (κ1) is 19.5. The highest BCUT2D eigenvalue weighted by Gasteiger charge is 2.22. The van der Waals surface area contributed by atoms with Crippen LogP contribution < -0.4 is 11.1 Å². The molecule has 8 heteroatoms. The predicted molar refractivity (Wildman–Crippen MR) is 101 cm³/mol. The van der Waals surface area contributed by atoms with Crippen LogP contribution >= 0.6 is 0 Å². The molecular weight excluding hydrogens is 368 g/mol. The summed E-state index contributed by atoms with van der Waals surface area (Å²) in [5.41, 5.74) is -0.296. The van der Waals surface area contributed by atoms with Gasteiger partial charge < -0.3 is 14.5 Å². The number of hydrogen-bond donors (Lipinski definition) is 1. The van der Waals surface area contributed by atoms with Crippen molar-refractivity contribution in [2.24, 2.45) is 0 Å². The first-order valence-corrected chi connectivity index (χ1v) is 8.73. The Morgan fingerprint density at radius 3 is 2.57 bits per heavy atom. The quantitative estimate of drug-likeness (QED) is 0.700. The van der Waals surface area contributed by atoms with Gasteiger partial charge in [0.25, 0.3) is 5.91 Å². The maximum absolute atomic E-state index is 14.0. The van der Waals surface area contributed by atoms with Crippen molar-refractivity contribution in [1.82, 2.24) is 14.5 Å². The van der Waals surface area contributed by atoms with Crippen molar-refractivity contribution in [2.75, 3.05) is 7.05 Å². The molecule has 0 saturated carbocycles. The topological polar surface area (TPSA) is 75.2 Å². The second kappa shape index (κ2) is 7.38. The van der Waals surface area contributed by atoms with E-state index in [-0.39, 0.29) is 11.1 Å². The molecule has 3 aromatic rings. The molecule has 146 valence electrons. The molecule has 0 aliphatic rings. The van der Waals surface area contributed by atoms with Crippen LogP contribution in [-0.4, -0.2) is 27.4 Å². The number of nitrogens with zero attached hydrogens (tertiary/aromatic N) is 2. The van der Waals surface area contributed by atoms with Crippen molar-refractivity contribution < 1.29 is 13.6 Å². The van der Waals surface area contributed by atoms with Crippen LogP contribution in [0.15, 0.2) is 46.0 Å². The summed E-state index contributed by atoms with van der Waals surface area (Å²) in [4.78, 5) is 40.4. The van der Waals surface area contributed by atoms with Gasteiger partial charge in [-0.15, -0.1) is 0 Å². The monoisotopic (exact) mass is 387 g/mol. The van der Waals surface area contributed by atoms with Crippen molar-refractivity contribution in [3.8, 4) is 0 Å². The number of nitrogens with one attached hydrogen (secondary N) is 1. The molecule has 1 heterocycles. The van der Waals surface area contributed by atoms with Crippen LogP contribution in [0.4, 0.5) is 8.78 Å². The number of aromatic nitrogens is 2. The number of aryl methyl sites for hydroxylation is 1. The summed E-state index contributed by atoms with van der Waals surface area (Å²) in [7, 11) is 1.48. The van der Waals surface area contributed by atoms with Gasteiger partial charge in [-0.25, -0.2) is 8.78 Å². The van der Waals surface area contributed by atoms with E-state index in [2.05, 4.69) is 4.98 Å². The number of fused-ring (bicyclic) bond motifs is 1. The molecule has 3 rings (SSSR count). The summed E-state index contributed by atoms with van der Waals surface area (Å²) in [6, 6.07) is 6.94. The van der Waals surface area contributed by atoms with Crippen LogP contribution in [0.3, 0.4) is 0 Å². The lowest BCUT2D eigenvalue weighted by atomic mass is 10.0. The Morgan fingerprint density at radius 2 is 1.89 bits per heavy atom. The molecule has 0 fully saturated rings. The number of H-pyrrole nitrogens is 1. The van der Waals surface area contributed by atoms with Gasteiger partial charge in [0, 0.05) is 24.7 Å². The predicted octanol–water partition coefficient (Wildman–Crippen LogP) is 2.82. The van der Waals surface area contributed by atoms with Crippen molar-refractivity contribution in [1.29, 1.82) is 0 Å². The zero-order chi connectivity index (χ0) is 20.6. The van der Waals surface area contributed by atoms with E-state index in [9.17, 15) is 23.2 Å². The highest BCUT2D eigenvalue weighted by atomic mass is 19.1. The van der Waals surface area contributed by atoms with Crippen LogP contribution in [0.5, 0.6) is 0 Å². The smallest absolute Gasteiger partial charge is 0.316 e. The van der Waals surface area contributed by atoms with E-state index in [0.29, 0.717) is 17.6 Å². The van der Waals surface area contributed by atoms with Gasteiger partial charge in [-0.1, -0.05) is 0 Å². The Labute approximate surface area is 159 Å². The minimum absolute atomic E-state index is 0.0601. The third-order valence-electron chi connectivity index (χ3n) is 4.85. The van der Waals surface area contributed by atoms with Gasteiger partial charge in [0.1, 0.15) is 11.6 Å². The highest BCUT2D eigenvalue weighted by Crippen LogP contribution is 2.25. The van der Waals surface area contributed by atoms with Gasteiger partial charge in [0.05, 0.1) is 17.1 Å². The fourth-order valence-corrected chi connectivity index (χ4v) is 3.15. The van der Waals surface area contributed by atoms with E-state index in [1.807, 2.05) is 0 Å². The van der Waals surface area contributed by atoms with E-state index in [1.165, 1.54) is 28.6 Å². The van der Waals surface area contributed by atoms with Gasteiger partial charge in [-0.2, -0.15) is 0 Å². The van der Waals surface area contributed by atoms with Gasteiger partial charge >= 0.3 is 11.1 Å². The Balaban J connectivity index is 2.01. The molecule has 1 amide bonds. The number of hydrogen-bond acceptors (Lipinski definition) is 3. The number of aromatic amines is 1. The highest BCUT2D eigenvalue weighted by molar-refractivity contribution is 5.97. The third-order valence-corrected chi connectivity index (χ3v) is 4.85. The van der Waals surface area contributed by atoms with Crippen LogP contribution in [-0.2, 0) is 6.54 Å². The van der Waals surface area contributed by atoms with E-state index in [4.69, 9.17) is 0 Å². The van der Waals surface area contributed by atoms with Gasteiger partial charge in [-0.05, 0) is 50.2 Å². The molecule has 0 unspecified atom stereocenters. The van der Waals surface area contributed by atoms with Gasteiger partial charge in [0.2, 0.25) is 0 Å². The van der Waals surface area contributed by atoms with E-state index < -0.39 is 34.7 Å². The molecule has 0 saturated heterocycles. The summed E-state index contributed by atoms with van der Waals surface area (Å²) >= 11 is 0. The Kier molecular flexibility index (Phi) is 5.13. The molecule has 0 radical (unpaired) electrons. The molecule has 0 spiro atoms. The zero-order valence-electron chi connectivity index (χ0n) is 15.6. The SMILES string of the molecule is CCn1c(=O)c(=O)[nH]c2cc(C(=O)N(C)[C@H](C)c3cc(F)ccc3F)ccc21. The fraction of sp³-hybridized carbons (Fsp3) is 0.250. The lowest BCUT2D eigenvalue weighted by Gasteiger charge is -2.26. The average Bonchev–Trinajstić information content (AvgIpc) is 2.68. The maximum atomic E-state index is 14.0. The Bertz CT molecular complexity index is 1180. The number of amides is 1. The maximum Gasteiger partial charge on any atom is 0.316 e. The third kappa shape index (κ3) is 3.33. The number of benzene rings is 2. The van der Waals surface area contributed by atoms with E-state index in [1.54, 1.807) is 19.9 Å². The molecule has 6 nitrogen and oxygen atoms in total. The molecule has 0 aliphatic carbocycles. The number of carbonyl (C=O) groups excluding carboxylic acids is 1. The molecule has 1 aromatic heterocycles. The Hall–Kier alpha value is -3.29. The molecule has 28 heavy (non-hydrogen) atoms. The molecule has 0 bridgehead atoms. The molecule has 2 aromatic carbocycles. The molecule has 1 atom stereocenters. The zero-order valence-corrected chi connectivity index (χ0v) is 15.6. The van der Waals surface area contributed by atoms with Crippen molar-refractivity contribution in [2.45, 2.75) is 26.4 Å². The second-order valence-electron chi connectivity index (χ2n) is 6.49. The van der Waals surface area contributed by atoms with Crippen molar-refractivity contribution in [3.05, 3.63) is 79.9 Å². The number of halogens is 2. The van der Waals surface area contributed by atoms with Gasteiger partial charge in [-0.3, -0.25) is 14.4 Å². The molecular formula is C20H19F2N3O3. The first-order valence-electron chi connectivity index (χ1n) is 8.73. The van der Waals surface area contributed by atoms with Crippen molar-refractivity contribution in [3.63, 3.8) is 0 Å². The average molecular weight is 387 g/mol.